The van der Waals surface area contributed by atoms with E-state index in [2.05, 4.69) is 64.0 Å². The minimum absolute atomic E-state index is 0. The Morgan fingerprint density at radius 2 is 1.53 bits per heavy atom. The van der Waals surface area contributed by atoms with Gasteiger partial charge in [0.05, 0.1) is 25.0 Å². The van der Waals surface area contributed by atoms with E-state index in [-0.39, 0.29) is 21.1 Å². The molecule has 0 bridgehead atoms. The van der Waals surface area contributed by atoms with Gasteiger partial charge in [0.25, 0.3) is 0 Å². The fraction of sp³-hybridized carbons (Fsp3) is 0.135. The fourth-order valence-corrected chi connectivity index (χ4v) is 5.49. The summed E-state index contributed by atoms with van der Waals surface area (Å²) in [5, 5.41) is 6.85. The Labute approximate surface area is 276 Å². The predicted molar refractivity (Wildman–Crippen MR) is 172 cm³/mol. The third kappa shape index (κ3) is 5.84. The molecule has 0 fully saturated rings. The molecule has 0 unspecified atom stereocenters. The van der Waals surface area contributed by atoms with E-state index in [1.165, 1.54) is 0 Å². The SMILES string of the molecule is CCOc1cccc(OCC)c1-c1cnn(-c2[c-]c(Oc3[c-]c4c(cc3)c3ccccc3n4-c3cc(C)ccn3)ccc2)c1.[Pt+2]. The predicted octanol–water partition coefficient (Wildman–Crippen LogP) is 8.53. The van der Waals surface area contributed by atoms with Crippen LogP contribution in [0.1, 0.15) is 19.4 Å². The van der Waals surface area contributed by atoms with Crippen molar-refractivity contribution < 1.29 is 35.3 Å². The van der Waals surface area contributed by atoms with Crippen molar-refractivity contribution >= 4 is 21.8 Å². The number of fused-ring (bicyclic) bond motifs is 3. The summed E-state index contributed by atoms with van der Waals surface area (Å²) in [7, 11) is 0. The number of hydrogen-bond acceptors (Lipinski definition) is 5. The van der Waals surface area contributed by atoms with Gasteiger partial charge >= 0.3 is 21.1 Å². The van der Waals surface area contributed by atoms with Crippen LogP contribution in [0.4, 0.5) is 0 Å². The number of hydrogen-bond donors (Lipinski definition) is 0. The summed E-state index contributed by atoms with van der Waals surface area (Å²) < 4.78 is 22.1. The average Bonchev–Trinajstić information content (AvgIpc) is 3.65. The average molecular weight is 774 g/mol. The first-order chi connectivity index (χ1) is 21.6. The molecule has 7 rings (SSSR count). The topological polar surface area (TPSA) is 63.3 Å². The summed E-state index contributed by atoms with van der Waals surface area (Å²) in [5.41, 5.74) is 5.59. The fourth-order valence-electron chi connectivity index (χ4n) is 5.49. The molecule has 0 aliphatic carbocycles. The molecule has 0 spiro atoms. The Morgan fingerprint density at radius 1 is 0.778 bits per heavy atom. The first kappa shape index (κ1) is 30.2. The van der Waals surface area contributed by atoms with Crippen molar-refractivity contribution in [3.05, 3.63) is 121 Å². The molecule has 0 aliphatic heterocycles. The standard InChI is InChI=1S/C37H30N4O3.Pt/c1-4-42-34-14-9-15-35(43-5-2)37(34)26-23-39-40(24-26)27-10-8-11-28(21-27)44-29-16-17-31-30-12-6-7-13-32(30)41(33(31)22-29)36-20-25(3)18-19-38-36;/h6-20,23-24H,4-5H2,1-3H3;/q-2;+2. The number of benzene rings is 4. The molecule has 0 radical (unpaired) electrons. The van der Waals surface area contributed by atoms with E-state index in [0.717, 1.165) is 61.5 Å². The van der Waals surface area contributed by atoms with E-state index >= 15 is 0 Å². The van der Waals surface area contributed by atoms with Gasteiger partial charge in [-0.05, 0) is 67.7 Å². The molecule has 7 nitrogen and oxygen atoms in total. The van der Waals surface area contributed by atoms with E-state index in [0.29, 0.717) is 24.7 Å². The number of aromatic nitrogens is 4. The van der Waals surface area contributed by atoms with Gasteiger partial charge in [-0.2, -0.15) is 17.2 Å². The minimum atomic E-state index is 0. The Bertz CT molecular complexity index is 2090. The van der Waals surface area contributed by atoms with Crippen LogP contribution >= 0.6 is 0 Å². The van der Waals surface area contributed by atoms with Crippen LogP contribution in [0.3, 0.4) is 0 Å². The summed E-state index contributed by atoms with van der Waals surface area (Å²) >= 11 is 0. The molecule has 4 aromatic carbocycles. The van der Waals surface area contributed by atoms with Crippen LogP contribution in [-0.2, 0) is 21.1 Å². The summed E-state index contributed by atoms with van der Waals surface area (Å²) in [5.74, 6) is 3.48. The van der Waals surface area contributed by atoms with Crippen LogP contribution in [0.25, 0.3) is 44.4 Å². The Hall–Kier alpha value is -4.87. The summed E-state index contributed by atoms with van der Waals surface area (Å²) in [6, 6.07) is 34.8. The first-order valence-corrected chi connectivity index (χ1v) is 14.7. The molecule has 3 heterocycles. The second kappa shape index (κ2) is 13.0. The molecule has 0 N–H and O–H groups in total. The maximum Gasteiger partial charge on any atom is 2.00 e. The van der Waals surface area contributed by atoms with Gasteiger partial charge in [0, 0.05) is 35.0 Å². The molecule has 8 heteroatoms. The molecule has 0 saturated carbocycles. The van der Waals surface area contributed by atoms with Crippen LogP contribution in [0, 0.1) is 19.1 Å². The zero-order valence-electron chi connectivity index (χ0n) is 25.1. The summed E-state index contributed by atoms with van der Waals surface area (Å²) in [4.78, 5) is 4.67. The largest absolute Gasteiger partial charge is 2.00 e. The van der Waals surface area contributed by atoms with Crippen molar-refractivity contribution in [2.45, 2.75) is 20.8 Å². The smallest absolute Gasteiger partial charge is 0.509 e. The van der Waals surface area contributed by atoms with Crippen LogP contribution < -0.4 is 14.2 Å². The van der Waals surface area contributed by atoms with Crippen LogP contribution in [0.2, 0.25) is 0 Å². The second-order valence-corrected chi connectivity index (χ2v) is 10.3. The number of ether oxygens (including phenoxy) is 3. The zero-order chi connectivity index (χ0) is 30.0. The van der Waals surface area contributed by atoms with Gasteiger partial charge in [-0.15, -0.1) is 35.7 Å². The van der Waals surface area contributed by atoms with Crippen LogP contribution in [0.5, 0.6) is 23.0 Å². The third-order valence-electron chi connectivity index (χ3n) is 7.37. The van der Waals surface area contributed by atoms with Gasteiger partial charge in [0.2, 0.25) is 0 Å². The summed E-state index contributed by atoms with van der Waals surface area (Å²) in [6.45, 7) is 7.10. The van der Waals surface area contributed by atoms with Crippen molar-refractivity contribution in [3.8, 4) is 45.6 Å². The quantitative estimate of drug-likeness (QED) is 0.138. The van der Waals surface area contributed by atoms with E-state index in [4.69, 9.17) is 14.2 Å². The number of nitrogens with zero attached hydrogens (tertiary/aromatic N) is 4. The Balaban J connectivity index is 0.00000357. The van der Waals surface area contributed by atoms with E-state index in [1.54, 1.807) is 4.68 Å². The van der Waals surface area contributed by atoms with Crippen LogP contribution in [-0.4, -0.2) is 32.5 Å². The van der Waals surface area contributed by atoms with Gasteiger partial charge in [0.1, 0.15) is 17.3 Å². The third-order valence-corrected chi connectivity index (χ3v) is 7.37. The molecule has 0 amide bonds. The normalized spacial score (nSPS) is 11.0. The molecule has 3 aromatic heterocycles. The van der Waals surface area contributed by atoms with Gasteiger partial charge < -0.3 is 18.8 Å². The second-order valence-electron chi connectivity index (χ2n) is 10.3. The first-order valence-electron chi connectivity index (χ1n) is 14.7. The van der Waals surface area contributed by atoms with E-state index in [9.17, 15) is 0 Å². The molecule has 226 valence electrons. The number of aryl methyl sites for hydroxylation is 1. The molecule has 0 aliphatic rings. The summed E-state index contributed by atoms with van der Waals surface area (Å²) in [6.07, 6.45) is 5.59. The van der Waals surface area contributed by atoms with E-state index in [1.807, 2.05) is 87.0 Å². The van der Waals surface area contributed by atoms with Gasteiger partial charge in [0.15, 0.2) is 0 Å². The van der Waals surface area contributed by atoms with Crippen LogP contribution in [0.15, 0.2) is 104 Å². The molecule has 0 saturated heterocycles. The molecule has 7 aromatic rings. The number of pyridine rings is 1. The molecule has 45 heavy (non-hydrogen) atoms. The van der Waals surface area contributed by atoms with Gasteiger partial charge in [-0.1, -0.05) is 29.8 Å². The van der Waals surface area contributed by atoms with Gasteiger partial charge in [-0.3, -0.25) is 4.68 Å². The Kier molecular flexibility index (Phi) is 8.72. The minimum Gasteiger partial charge on any atom is -0.509 e. The van der Waals surface area contributed by atoms with Gasteiger partial charge in [-0.25, -0.2) is 4.98 Å². The number of para-hydroxylation sites is 1. The maximum absolute atomic E-state index is 6.33. The molecule has 0 atom stereocenters. The van der Waals surface area contributed by atoms with Crippen molar-refractivity contribution in [2.24, 2.45) is 0 Å². The maximum atomic E-state index is 6.33. The number of rotatable bonds is 9. The molecular formula is C37H30N4O3Pt. The zero-order valence-corrected chi connectivity index (χ0v) is 27.3. The van der Waals surface area contributed by atoms with Crippen molar-refractivity contribution in [2.75, 3.05) is 13.2 Å². The Morgan fingerprint density at radius 3 is 2.31 bits per heavy atom. The monoisotopic (exact) mass is 773 g/mol. The van der Waals surface area contributed by atoms with Crippen molar-refractivity contribution in [1.29, 1.82) is 0 Å². The van der Waals surface area contributed by atoms with E-state index < -0.39 is 0 Å². The van der Waals surface area contributed by atoms with Crippen molar-refractivity contribution in [1.82, 2.24) is 19.3 Å². The van der Waals surface area contributed by atoms with Crippen molar-refractivity contribution in [3.63, 3.8) is 0 Å². The molecular weight excluding hydrogens is 744 g/mol.